The summed E-state index contributed by atoms with van der Waals surface area (Å²) in [5.41, 5.74) is 1.42. The van der Waals surface area contributed by atoms with Crippen molar-refractivity contribution in [1.82, 2.24) is 4.90 Å². The summed E-state index contributed by atoms with van der Waals surface area (Å²) in [6.45, 7) is 3.72. The summed E-state index contributed by atoms with van der Waals surface area (Å²) in [7, 11) is 0. The molecule has 0 atom stereocenters. The van der Waals surface area contributed by atoms with Crippen LogP contribution in [0.15, 0.2) is 24.3 Å². The zero-order valence-electron chi connectivity index (χ0n) is 11.3. The molecule has 0 aromatic heterocycles. The number of hydrogen-bond acceptors (Lipinski definition) is 4. The predicted octanol–water partition coefficient (Wildman–Crippen LogP) is 1.71. The highest BCUT2D eigenvalue weighted by Crippen LogP contribution is 2.12. The molecule has 1 N–H and O–H groups in total. The smallest absolute Gasteiger partial charge is 0.260 e. The van der Waals surface area contributed by atoms with Crippen LogP contribution in [-0.2, 0) is 4.79 Å². The molecule has 0 aliphatic rings. The van der Waals surface area contributed by atoms with Gasteiger partial charge in [0.05, 0.1) is 6.61 Å². The molecular formula is C14H19NO3S. The molecule has 0 fully saturated rings. The topological polar surface area (TPSA) is 57.6 Å². The van der Waals surface area contributed by atoms with Crippen LogP contribution in [0.25, 0.3) is 0 Å². The van der Waals surface area contributed by atoms with Crippen molar-refractivity contribution in [2.75, 3.05) is 24.7 Å². The Bertz CT molecular complexity index is 448. The summed E-state index contributed by atoms with van der Waals surface area (Å²) in [6.07, 6.45) is 0. The average molecular weight is 281 g/mol. The molecule has 1 aromatic rings. The van der Waals surface area contributed by atoms with Crippen LogP contribution in [0.2, 0.25) is 0 Å². The van der Waals surface area contributed by atoms with Crippen LogP contribution in [0.1, 0.15) is 22.8 Å². The number of hydrogen-bond donors (Lipinski definition) is 1. The minimum Gasteiger partial charge on any atom is -0.396 e. The van der Waals surface area contributed by atoms with E-state index in [1.165, 1.54) is 23.6 Å². The van der Waals surface area contributed by atoms with Crippen LogP contribution in [0.5, 0.6) is 0 Å². The van der Waals surface area contributed by atoms with Crippen molar-refractivity contribution in [2.24, 2.45) is 0 Å². The maximum Gasteiger partial charge on any atom is 0.260 e. The van der Waals surface area contributed by atoms with Crippen molar-refractivity contribution >= 4 is 23.6 Å². The molecule has 0 saturated heterocycles. The van der Waals surface area contributed by atoms with Gasteiger partial charge in [0.2, 0.25) is 5.91 Å². The third-order valence-electron chi connectivity index (χ3n) is 2.70. The Morgan fingerprint density at radius 3 is 2.53 bits per heavy atom. The Hall–Kier alpha value is -1.33. The fourth-order valence-corrected chi connectivity index (χ4v) is 2.33. The highest BCUT2D eigenvalue weighted by Gasteiger charge is 2.20. The SMILES string of the molecule is CC(=O)N(CCSCCO)C(=O)c1ccccc1C. The van der Waals surface area contributed by atoms with E-state index in [1.807, 2.05) is 19.1 Å². The Morgan fingerprint density at radius 1 is 1.26 bits per heavy atom. The third-order valence-corrected chi connectivity index (χ3v) is 3.64. The van der Waals surface area contributed by atoms with Crippen molar-refractivity contribution < 1.29 is 14.7 Å². The van der Waals surface area contributed by atoms with E-state index in [0.29, 0.717) is 23.6 Å². The first-order valence-corrected chi connectivity index (χ1v) is 7.30. The molecule has 0 bridgehead atoms. The first-order chi connectivity index (χ1) is 9.07. The zero-order chi connectivity index (χ0) is 14.3. The number of nitrogens with zero attached hydrogens (tertiary/aromatic N) is 1. The monoisotopic (exact) mass is 281 g/mol. The van der Waals surface area contributed by atoms with Gasteiger partial charge in [-0.15, -0.1) is 0 Å². The standard InChI is InChI=1S/C14H19NO3S/c1-11-5-3-4-6-13(11)14(18)15(12(2)17)7-9-19-10-8-16/h3-6,16H,7-10H2,1-2H3. The number of carbonyl (C=O) groups excluding carboxylic acids is 2. The molecule has 5 heteroatoms. The second-order valence-electron chi connectivity index (χ2n) is 4.13. The van der Waals surface area contributed by atoms with E-state index < -0.39 is 0 Å². The molecule has 4 nitrogen and oxygen atoms in total. The van der Waals surface area contributed by atoms with E-state index in [9.17, 15) is 9.59 Å². The molecule has 19 heavy (non-hydrogen) atoms. The van der Waals surface area contributed by atoms with E-state index in [4.69, 9.17) is 5.11 Å². The van der Waals surface area contributed by atoms with Crippen molar-refractivity contribution in [2.45, 2.75) is 13.8 Å². The number of amides is 2. The van der Waals surface area contributed by atoms with Crippen molar-refractivity contribution in [3.05, 3.63) is 35.4 Å². The lowest BCUT2D eigenvalue weighted by atomic mass is 10.1. The number of benzene rings is 1. The summed E-state index contributed by atoms with van der Waals surface area (Å²) in [5, 5.41) is 8.70. The van der Waals surface area contributed by atoms with E-state index in [-0.39, 0.29) is 18.4 Å². The van der Waals surface area contributed by atoms with Gasteiger partial charge in [0, 0.05) is 30.5 Å². The fourth-order valence-electron chi connectivity index (χ4n) is 1.68. The van der Waals surface area contributed by atoms with Gasteiger partial charge in [0.25, 0.3) is 5.91 Å². The van der Waals surface area contributed by atoms with E-state index in [2.05, 4.69) is 0 Å². The highest BCUT2D eigenvalue weighted by molar-refractivity contribution is 7.99. The van der Waals surface area contributed by atoms with Gasteiger partial charge in [-0.1, -0.05) is 18.2 Å². The summed E-state index contributed by atoms with van der Waals surface area (Å²) in [5.74, 6) is 0.746. The Kier molecular flexibility index (Phi) is 6.59. The molecule has 1 rings (SSSR count). The van der Waals surface area contributed by atoms with E-state index >= 15 is 0 Å². The lowest BCUT2D eigenvalue weighted by Gasteiger charge is -2.19. The summed E-state index contributed by atoms with van der Waals surface area (Å²) in [4.78, 5) is 25.2. The normalized spacial score (nSPS) is 10.3. The summed E-state index contributed by atoms with van der Waals surface area (Å²) in [6, 6.07) is 7.24. The number of aryl methyl sites for hydroxylation is 1. The number of rotatable bonds is 6. The molecule has 0 unspecified atom stereocenters. The molecule has 1 aromatic carbocycles. The van der Waals surface area contributed by atoms with Crippen LogP contribution < -0.4 is 0 Å². The van der Waals surface area contributed by atoms with Gasteiger partial charge in [0.1, 0.15) is 0 Å². The van der Waals surface area contributed by atoms with Crippen LogP contribution in [0.3, 0.4) is 0 Å². The molecule has 0 aliphatic carbocycles. The van der Waals surface area contributed by atoms with Gasteiger partial charge >= 0.3 is 0 Å². The van der Waals surface area contributed by atoms with Gasteiger partial charge in [0.15, 0.2) is 0 Å². The van der Waals surface area contributed by atoms with Crippen molar-refractivity contribution in [1.29, 1.82) is 0 Å². The molecule has 2 amide bonds. The highest BCUT2D eigenvalue weighted by atomic mass is 32.2. The number of imide groups is 1. The largest absolute Gasteiger partial charge is 0.396 e. The van der Waals surface area contributed by atoms with Gasteiger partial charge in [-0.05, 0) is 18.6 Å². The fraction of sp³-hybridized carbons (Fsp3) is 0.429. The second kappa shape index (κ2) is 7.96. The predicted molar refractivity (Wildman–Crippen MR) is 77.3 cm³/mol. The Labute approximate surface area is 117 Å². The molecule has 0 aliphatic heterocycles. The third kappa shape index (κ3) is 4.69. The van der Waals surface area contributed by atoms with Gasteiger partial charge in [-0.2, -0.15) is 11.8 Å². The minimum absolute atomic E-state index is 0.108. The number of aliphatic hydroxyl groups is 1. The van der Waals surface area contributed by atoms with Crippen LogP contribution in [0, 0.1) is 6.92 Å². The second-order valence-corrected chi connectivity index (χ2v) is 5.35. The summed E-state index contributed by atoms with van der Waals surface area (Å²) >= 11 is 1.52. The van der Waals surface area contributed by atoms with E-state index in [1.54, 1.807) is 12.1 Å². The maximum absolute atomic E-state index is 12.3. The first kappa shape index (κ1) is 15.7. The van der Waals surface area contributed by atoms with Gasteiger partial charge < -0.3 is 5.11 Å². The number of carbonyl (C=O) groups is 2. The molecule has 0 spiro atoms. The van der Waals surface area contributed by atoms with Crippen LogP contribution in [0.4, 0.5) is 0 Å². The minimum atomic E-state index is -0.254. The lowest BCUT2D eigenvalue weighted by Crippen LogP contribution is -2.37. The first-order valence-electron chi connectivity index (χ1n) is 6.14. The molecule has 0 heterocycles. The zero-order valence-corrected chi connectivity index (χ0v) is 12.1. The molecular weight excluding hydrogens is 262 g/mol. The number of aliphatic hydroxyl groups excluding tert-OH is 1. The quantitative estimate of drug-likeness (QED) is 0.807. The molecule has 0 radical (unpaired) electrons. The Morgan fingerprint density at radius 2 is 1.95 bits per heavy atom. The maximum atomic E-state index is 12.3. The van der Waals surface area contributed by atoms with Gasteiger partial charge in [-0.25, -0.2) is 0 Å². The number of thioether (sulfide) groups is 1. The van der Waals surface area contributed by atoms with Gasteiger partial charge in [-0.3, -0.25) is 14.5 Å². The molecule has 0 saturated carbocycles. The van der Waals surface area contributed by atoms with Crippen molar-refractivity contribution in [3.63, 3.8) is 0 Å². The summed E-state index contributed by atoms with van der Waals surface area (Å²) < 4.78 is 0. The van der Waals surface area contributed by atoms with E-state index in [0.717, 1.165) is 5.56 Å². The Balaban J connectivity index is 2.74. The van der Waals surface area contributed by atoms with Crippen LogP contribution in [-0.4, -0.2) is 46.5 Å². The molecule has 104 valence electrons. The lowest BCUT2D eigenvalue weighted by molar-refractivity contribution is -0.126. The average Bonchev–Trinajstić information content (AvgIpc) is 2.38. The van der Waals surface area contributed by atoms with Crippen LogP contribution >= 0.6 is 11.8 Å². The van der Waals surface area contributed by atoms with Crippen molar-refractivity contribution in [3.8, 4) is 0 Å².